The number of aromatic nitrogens is 1. The summed E-state index contributed by atoms with van der Waals surface area (Å²) in [5.74, 6) is 0. The number of pyridine rings is 1. The van der Waals surface area contributed by atoms with Gasteiger partial charge in [0.25, 0.3) is 0 Å². The predicted molar refractivity (Wildman–Crippen MR) is 68.8 cm³/mol. The van der Waals surface area contributed by atoms with Gasteiger partial charge in [0.1, 0.15) is 5.15 Å². The SMILES string of the molecule is CN(C)CCCN(C)Cc1cccc(Cl)n1. The zero-order chi connectivity index (χ0) is 12.0. The van der Waals surface area contributed by atoms with Crippen LogP contribution in [-0.2, 0) is 6.54 Å². The monoisotopic (exact) mass is 241 g/mol. The summed E-state index contributed by atoms with van der Waals surface area (Å²) in [4.78, 5) is 8.74. The van der Waals surface area contributed by atoms with Crippen LogP contribution in [0.25, 0.3) is 0 Å². The van der Waals surface area contributed by atoms with Crippen molar-refractivity contribution in [3.8, 4) is 0 Å². The lowest BCUT2D eigenvalue weighted by Gasteiger charge is -2.17. The third-order valence-corrected chi connectivity index (χ3v) is 2.56. The van der Waals surface area contributed by atoms with Crippen LogP contribution in [-0.4, -0.2) is 49.0 Å². The van der Waals surface area contributed by atoms with Gasteiger partial charge in [-0.3, -0.25) is 0 Å². The van der Waals surface area contributed by atoms with E-state index in [0.717, 1.165) is 25.3 Å². The highest BCUT2D eigenvalue weighted by Gasteiger charge is 2.02. The van der Waals surface area contributed by atoms with E-state index in [0.29, 0.717) is 5.15 Å². The van der Waals surface area contributed by atoms with Gasteiger partial charge in [0.15, 0.2) is 0 Å². The van der Waals surface area contributed by atoms with Crippen LogP contribution in [0.15, 0.2) is 18.2 Å². The van der Waals surface area contributed by atoms with Crippen molar-refractivity contribution in [2.75, 3.05) is 34.2 Å². The summed E-state index contributed by atoms with van der Waals surface area (Å²) in [5, 5.41) is 0.569. The second-order valence-corrected chi connectivity index (χ2v) is 4.73. The fraction of sp³-hybridized carbons (Fsp3) is 0.583. The van der Waals surface area contributed by atoms with Crippen LogP contribution in [0, 0.1) is 0 Å². The Balaban J connectivity index is 2.31. The molecular weight excluding hydrogens is 222 g/mol. The number of nitrogens with zero attached hydrogens (tertiary/aromatic N) is 3. The third kappa shape index (κ3) is 5.45. The van der Waals surface area contributed by atoms with Gasteiger partial charge in [0.2, 0.25) is 0 Å². The first kappa shape index (κ1) is 13.4. The van der Waals surface area contributed by atoms with Crippen LogP contribution in [0.4, 0.5) is 0 Å². The molecule has 0 aromatic carbocycles. The predicted octanol–water partition coefficient (Wildman–Crippen LogP) is 2.12. The Morgan fingerprint density at radius 1 is 1.19 bits per heavy atom. The molecule has 1 heterocycles. The molecule has 0 aliphatic heterocycles. The lowest BCUT2D eigenvalue weighted by atomic mass is 10.3. The molecule has 4 heteroatoms. The first-order valence-corrected chi connectivity index (χ1v) is 5.90. The summed E-state index contributed by atoms with van der Waals surface area (Å²) < 4.78 is 0. The second-order valence-electron chi connectivity index (χ2n) is 4.35. The van der Waals surface area contributed by atoms with Crippen molar-refractivity contribution < 1.29 is 0 Å². The Morgan fingerprint density at radius 2 is 1.94 bits per heavy atom. The molecule has 16 heavy (non-hydrogen) atoms. The van der Waals surface area contributed by atoms with Crippen LogP contribution in [0.3, 0.4) is 0 Å². The largest absolute Gasteiger partial charge is 0.309 e. The molecule has 0 aliphatic rings. The molecule has 0 radical (unpaired) electrons. The van der Waals surface area contributed by atoms with Gasteiger partial charge in [-0.25, -0.2) is 4.98 Å². The third-order valence-electron chi connectivity index (χ3n) is 2.35. The summed E-state index contributed by atoms with van der Waals surface area (Å²) in [6, 6.07) is 5.75. The minimum Gasteiger partial charge on any atom is -0.309 e. The summed E-state index contributed by atoms with van der Waals surface area (Å²) in [7, 11) is 6.30. The van der Waals surface area contributed by atoms with Crippen LogP contribution in [0.2, 0.25) is 5.15 Å². The van der Waals surface area contributed by atoms with Gasteiger partial charge < -0.3 is 9.80 Å². The van der Waals surface area contributed by atoms with E-state index in [-0.39, 0.29) is 0 Å². The van der Waals surface area contributed by atoms with Crippen LogP contribution < -0.4 is 0 Å². The maximum atomic E-state index is 5.84. The normalized spacial score (nSPS) is 11.4. The zero-order valence-electron chi connectivity index (χ0n) is 10.3. The number of hydrogen-bond acceptors (Lipinski definition) is 3. The van der Waals surface area contributed by atoms with E-state index in [9.17, 15) is 0 Å². The van der Waals surface area contributed by atoms with Crippen molar-refractivity contribution in [3.05, 3.63) is 29.0 Å². The smallest absolute Gasteiger partial charge is 0.129 e. The standard InChI is InChI=1S/C12H20ClN3/c1-15(2)8-5-9-16(3)10-11-6-4-7-12(13)14-11/h4,6-7H,5,8-10H2,1-3H3. The quantitative estimate of drug-likeness (QED) is 0.712. The minimum absolute atomic E-state index is 0.569. The Labute approximate surface area is 103 Å². The Morgan fingerprint density at radius 3 is 2.56 bits per heavy atom. The van der Waals surface area contributed by atoms with Crippen LogP contribution in [0.1, 0.15) is 12.1 Å². The average Bonchev–Trinajstić information content (AvgIpc) is 2.16. The highest BCUT2D eigenvalue weighted by Crippen LogP contribution is 2.07. The maximum absolute atomic E-state index is 5.84. The minimum atomic E-state index is 0.569. The van der Waals surface area contributed by atoms with Gasteiger partial charge in [-0.15, -0.1) is 0 Å². The molecule has 0 bridgehead atoms. The van der Waals surface area contributed by atoms with E-state index >= 15 is 0 Å². The van der Waals surface area contributed by atoms with Crippen LogP contribution in [0.5, 0.6) is 0 Å². The molecule has 1 aromatic rings. The molecule has 0 unspecified atom stereocenters. The zero-order valence-corrected chi connectivity index (χ0v) is 11.0. The number of rotatable bonds is 6. The van der Waals surface area contributed by atoms with Gasteiger partial charge in [0.05, 0.1) is 5.69 Å². The summed E-state index contributed by atoms with van der Waals surface area (Å²) >= 11 is 5.84. The van der Waals surface area contributed by atoms with E-state index in [1.807, 2.05) is 12.1 Å². The molecule has 0 saturated carbocycles. The molecule has 1 aromatic heterocycles. The molecule has 1 rings (SSSR count). The Hall–Kier alpha value is -0.640. The summed E-state index contributed by atoms with van der Waals surface area (Å²) in [6.45, 7) is 3.05. The number of hydrogen-bond donors (Lipinski definition) is 0. The molecular formula is C12H20ClN3. The van der Waals surface area contributed by atoms with Crippen molar-refractivity contribution in [1.82, 2.24) is 14.8 Å². The van der Waals surface area contributed by atoms with E-state index in [4.69, 9.17) is 11.6 Å². The molecule has 0 atom stereocenters. The first-order valence-electron chi connectivity index (χ1n) is 5.52. The van der Waals surface area contributed by atoms with Gasteiger partial charge in [0, 0.05) is 6.54 Å². The molecule has 3 nitrogen and oxygen atoms in total. The molecule has 0 amide bonds. The summed E-state index contributed by atoms with van der Waals surface area (Å²) in [5.41, 5.74) is 1.03. The molecule has 90 valence electrons. The fourth-order valence-electron chi connectivity index (χ4n) is 1.55. The number of halogens is 1. The highest BCUT2D eigenvalue weighted by atomic mass is 35.5. The highest BCUT2D eigenvalue weighted by molar-refractivity contribution is 6.29. The molecule has 0 aliphatic carbocycles. The Bertz CT molecular complexity index is 315. The first-order chi connectivity index (χ1) is 7.58. The van der Waals surface area contributed by atoms with E-state index in [1.165, 1.54) is 6.42 Å². The second kappa shape index (κ2) is 6.84. The molecule has 0 N–H and O–H groups in total. The van der Waals surface area contributed by atoms with Gasteiger partial charge in [-0.2, -0.15) is 0 Å². The topological polar surface area (TPSA) is 19.4 Å². The van der Waals surface area contributed by atoms with Crippen molar-refractivity contribution in [3.63, 3.8) is 0 Å². The summed E-state index contributed by atoms with van der Waals surface area (Å²) in [6.07, 6.45) is 1.17. The van der Waals surface area contributed by atoms with Gasteiger partial charge in [-0.05, 0) is 52.8 Å². The molecule has 0 spiro atoms. The van der Waals surface area contributed by atoms with Crippen LogP contribution >= 0.6 is 11.6 Å². The van der Waals surface area contributed by atoms with E-state index in [1.54, 1.807) is 6.07 Å². The van der Waals surface area contributed by atoms with Crippen molar-refractivity contribution in [2.24, 2.45) is 0 Å². The maximum Gasteiger partial charge on any atom is 0.129 e. The fourth-order valence-corrected chi connectivity index (χ4v) is 1.73. The van der Waals surface area contributed by atoms with Gasteiger partial charge >= 0.3 is 0 Å². The molecule has 0 fully saturated rings. The Kier molecular flexibility index (Phi) is 5.74. The van der Waals surface area contributed by atoms with Crippen molar-refractivity contribution >= 4 is 11.6 Å². The van der Waals surface area contributed by atoms with Crippen molar-refractivity contribution in [2.45, 2.75) is 13.0 Å². The van der Waals surface area contributed by atoms with E-state index in [2.05, 4.69) is 35.9 Å². The van der Waals surface area contributed by atoms with E-state index < -0.39 is 0 Å². The lowest BCUT2D eigenvalue weighted by molar-refractivity contribution is 0.292. The molecule has 0 saturated heterocycles. The lowest BCUT2D eigenvalue weighted by Crippen LogP contribution is -2.23. The van der Waals surface area contributed by atoms with Crippen molar-refractivity contribution in [1.29, 1.82) is 0 Å². The van der Waals surface area contributed by atoms with Gasteiger partial charge in [-0.1, -0.05) is 17.7 Å². The average molecular weight is 242 g/mol.